The first-order chi connectivity index (χ1) is 7.63. The molecule has 0 heterocycles. The summed E-state index contributed by atoms with van der Waals surface area (Å²) in [6, 6.07) is 0.784. The van der Waals surface area contributed by atoms with E-state index in [1.807, 2.05) is 0 Å². The monoisotopic (exact) mass is 226 g/mol. The van der Waals surface area contributed by atoms with Gasteiger partial charge in [0.15, 0.2) is 0 Å². The second-order valence-corrected chi connectivity index (χ2v) is 5.72. The summed E-state index contributed by atoms with van der Waals surface area (Å²) in [5.41, 5.74) is 0. The third-order valence-corrected chi connectivity index (χ3v) is 4.12. The normalized spacial score (nSPS) is 26.6. The van der Waals surface area contributed by atoms with E-state index in [1.165, 1.54) is 32.2 Å². The zero-order valence-corrected chi connectivity index (χ0v) is 11.6. The fourth-order valence-electron chi connectivity index (χ4n) is 2.64. The Morgan fingerprint density at radius 1 is 1.31 bits per heavy atom. The summed E-state index contributed by atoms with van der Waals surface area (Å²) in [6.07, 6.45) is 5.65. The van der Waals surface area contributed by atoms with E-state index in [-0.39, 0.29) is 0 Å². The van der Waals surface area contributed by atoms with E-state index in [0.717, 1.165) is 31.0 Å². The van der Waals surface area contributed by atoms with Gasteiger partial charge in [-0.15, -0.1) is 0 Å². The Labute approximate surface area is 102 Å². The van der Waals surface area contributed by atoms with Crippen LogP contribution in [0.2, 0.25) is 0 Å². The quantitative estimate of drug-likeness (QED) is 0.749. The average molecular weight is 226 g/mol. The molecule has 0 spiro atoms. The summed E-state index contributed by atoms with van der Waals surface area (Å²) in [5.74, 6) is 1.82. The van der Waals surface area contributed by atoms with Crippen LogP contribution in [-0.2, 0) is 0 Å². The Hall–Kier alpha value is -0.0800. The molecule has 0 amide bonds. The fraction of sp³-hybridized carbons (Fsp3) is 1.00. The molecule has 0 saturated heterocycles. The van der Waals surface area contributed by atoms with E-state index in [0.29, 0.717) is 0 Å². The van der Waals surface area contributed by atoms with Crippen LogP contribution in [0.3, 0.4) is 0 Å². The minimum atomic E-state index is 0.784. The van der Waals surface area contributed by atoms with Crippen LogP contribution in [0, 0.1) is 11.8 Å². The molecule has 2 atom stereocenters. The van der Waals surface area contributed by atoms with Gasteiger partial charge in [0.1, 0.15) is 0 Å². The molecule has 0 aromatic rings. The molecule has 0 aromatic carbocycles. The van der Waals surface area contributed by atoms with Crippen LogP contribution < -0.4 is 5.32 Å². The first kappa shape index (κ1) is 14.0. The molecule has 2 heteroatoms. The van der Waals surface area contributed by atoms with Gasteiger partial charge >= 0.3 is 0 Å². The number of rotatable bonds is 6. The minimum Gasteiger partial charge on any atom is -0.313 e. The summed E-state index contributed by atoms with van der Waals surface area (Å²) >= 11 is 0. The molecule has 1 saturated carbocycles. The summed E-state index contributed by atoms with van der Waals surface area (Å²) in [6.45, 7) is 10.4. The Morgan fingerprint density at radius 2 is 2.06 bits per heavy atom. The summed E-state index contributed by atoms with van der Waals surface area (Å²) in [7, 11) is 2.19. The van der Waals surface area contributed by atoms with Crippen molar-refractivity contribution in [2.75, 3.05) is 26.7 Å². The van der Waals surface area contributed by atoms with Crippen molar-refractivity contribution in [1.29, 1.82) is 0 Å². The molecule has 0 radical (unpaired) electrons. The van der Waals surface area contributed by atoms with Gasteiger partial charge in [-0.05, 0) is 38.3 Å². The van der Waals surface area contributed by atoms with Gasteiger partial charge in [0.2, 0.25) is 0 Å². The SMILES string of the molecule is CCN(C)CCNC1CCCC(C(C)C)C1. The smallest absolute Gasteiger partial charge is 0.0104 e. The van der Waals surface area contributed by atoms with Crippen molar-refractivity contribution in [3.63, 3.8) is 0 Å². The molecule has 2 nitrogen and oxygen atoms in total. The zero-order chi connectivity index (χ0) is 12.0. The Kier molecular flexibility index (Phi) is 6.37. The standard InChI is InChI=1S/C14H30N2/c1-5-16(4)10-9-15-14-8-6-7-13(11-14)12(2)3/h12-15H,5-11H2,1-4H3. The first-order valence-corrected chi connectivity index (χ1v) is 7.05. The average Bonchev–Trinajstić information content (AvgIpc) is 2.29. The van der Waals surface area contributed by atoms with Gasteiger partial charge in [0, 0.05) is 19.1 Å². The van der Waals surface area contributed by atoms with E-state index in [2.05, 4.69) is 38.0 Å². The highest BCUT2D eigenvalue weighted by atomic mass is 15.1. The lowest BCUT2D eigenvalue weighted by Gasteiger charge is -2.32. The molecule has 0 aliphatic heterocycles. The molecule has 1 aliphatic rings. The van der Waals surface area contributed by atoms with Crippen molar-refractivity contribution >= 4 is 0 Å². The van der Waals surface area contributed by atoms with Gasteiger partial charge < -0.3 is 10.2 Å². The lowest BCUT2D eigenvalue weighted by molar-refractivity contribution is 0.226. The number of hydrogen-bond acceptors (Lipinski definition) is 2. The molecule has 16 heavy (non-hydrogen) atoms. The Balaban J connectivity index is 2.17. The maximum atomic E-state index is 3.73. The number of nitrogens with zero attached hydrogens (tertiary/aromatic N) is 1. The van der Waals surface area contributed by atoms with E-state index in [9.17, 15) is 0 Å². The maximum Gasteiger partial charge on any atom is 0.0104 e. The van der Waals surface area contributed by atoms with Gasteiger partial charge in [0.25, 0.3) is 0 Å². The van der Waals surface area contributed by atoms with Gasteiger partial charge in [-0.1, -0.05) is 33.6 Å². The highest BCUT2D eigenvalue weighted by Crippen LogP contribution is 2.29. The molecule has 0 aromatic heterocycles. The molecule has 0 bridgehead atoms. The number of hydrogen-bond donors (Lipinski definition) is 1. The van der Waals surface area contributed by atoms with Crippen molar-refractivity contribution in [3.05, 3.63) is 0 Å². The molecule has 1 aliphatic carbocycles. The molecule has 1 fully saturated rings. The van der Waals surface area contributed by atoms with Crippen LogP contribution in [0.1, 0.15) is 46.5 Å². The predicted molar refractivity (Wildman–Crippen MR) is 71.8 cm³/mol. The second-order valence-electron chi connectivity index (χ2n) is 5.72. The van der Waals surface area contributed by atoms with Gasteiger partial charge in [-0.25, -0.2) is 0 Å². The van der Waals surface area contributed by atoms with Gasteiger partial charge in [-0.3, -0.25) is 0 Å². The minimum absolute atomic E-state index is 0.784. The van der Waals surface area contributed by atoms with Crippen molar-refractivity contribution in [2.45, 2.75) is 52.5 Å². The summed E-state index contributed by atoms with van der Waals surface area (Å²) in [4.78, 5) is 2.37. The second kappa shape index (κ2) is 7.29. The summed E-state index contributed by atoms with van der Waals surface area (Å²) in [5, 5.41) is 3.73. The predicted octanol–water partition coefficient (Wildman–Crippen LogP) is 2.74. The molecule has 1 N–H and O–H groups in total. The van der Waals surface area contributed by atoms with Crippen molar-refractivity contribution < 1.29 is 0 Å². The molecule has 1 rings (SSSR count). The summed E-state index contributed by atoms with van der Waals surface area (Å²) < 4.78 is 0. The fourth-order valence-corrected chi connectivity index (χ4v) is 2.64. The highest BCUT2D eigenvalue weighted by molar-refractivity contribution is 4.79. The van der Waals surface area contributed by atoms with E-state index in [4.69, 9.17) is 0 Å². The molecular weight excluding hydrogens is 196 g/mol. The van der Waals surface area contributed by atoms with Crippen LogP contribution >= 0.6 is 0 Å². The Morgan fingerprint density at radius 3 is 2.69 bits per heavy atom. The van der Waals surface area contributed by atoms with Crippen LogP contribution in [0.5, 0.6) is 0 Å². The first-order valence-electron chi connectivity index (χ1n) is 7.05. The van der Waals surface area contributed by atoms with Gasteiger partial charge in [-0.2, -0.15) is 0 Å². The maximum absolute atomic E-state index is 3.73. The van der Waals surface area contributed by atoms with Crippen molar-refractivity contribution in [2.24, 2.45) is 11.8 Å². The lowest BCUT2D eigenvalue weighted by atomic mass is 9.79. The number of likely N-dealkylation sites (N-methyl/N-ethyl adjacent to an activating group) is 1. The highest BCUT2D eigenvalue weighted by Gasteiger charge is 2.23. The van der Waals surface area contributed by atoms with E-state index in [1.54, 1.807) is 0 Å². The van der Waals surface area contributed by atoms with Crippen LogP contribution in [0.4, 0.5) is 0 Å². The van der Waals surface area contributed by atoms with Crippen LogP contribution in [-0.4, -0.2) is 37.6 Å². The topological polar surface area (TPSA) is 15.3 Å². The third-order valence-electron chi connectivity index (χ3n) is 4.12. The molecule has 2 unspecified atom stereocenters. The van der Waals surface area contributed by atoms with E-state index < -0.39 is 0 Å². The van der Waals surface area contributed by atoms with Gasteiger partial charge in [0.05, 0.1) is 0 Å². The largest absolute Gasteiger partial charge is 0.313 e. The number of nitrogens with one attached hydrogen (secondary N) is 1. The Bertz CT molecular complexity index is 180. The van der Waals surface area contributed by atoms with E-state index >= 15 is 0 Å². The van der Waals surface area contributed by atoms with Crippen LogP contribution in [0.25, 0.3) is 0 Å². The third kappa shape index (κ3) is 4.84. The molecular formula is C14H30N2. The van der Waals surface area contributed by atoms with Crippen molar-refractivity contribution in [3.8, 4) is 0 Å². The van der Waals surface area contributed by atoms with Crippen molar-refractivity contribution in [1.82, 2.24) is 10.2 Å². The zero-order valence-electron chi connectivity index (χ0n) is 11.6. The lowest BCUT2D eigenvalue weighted by Crippen LogP contribution is -2.39. The van der Waals surface area contributed by atoms with Crippen LogP contribution in [0.15, 0.2) is 0 Å². The molecule has 96 valence electrons.